The van der Waals surface area contributed by atoms with Crippen molar-refractivity contribution >= 4 is 16.0 Å². The molecule has 1 N–H and O–H groups in total. The number of ether oxygens (including phenoxy) is 1. The van der Waals surface area contributed by atoms with Crippen LogP contribution in [-0.2, 0) is 10.1 Å². The van der Waals surface area contributed by atoms with Crippen molar-refractivity contribution in [2.45, 2.75) is 55.9 Å². The summed E-state index contributed by atoms with van der Waals surface area (Å²) >= 11 is 0. The van der Waals surface area contributed by atoms with E-state index in [1.165, 1.54) is 31.4 Å². The van der Waals surface area contributed by atoms with Crippen LogP contribution in [-0.4, -0.2) is 26.5 Å². The molecule has 0 heterocycles. The summed E-state index contributed by atoms with van der Waals surface area (Å²) in [5.41, 5.74) is 0.205. The molecule has 4 bridgehead atoms. The predicted octanol–water partition coefficient (Wildman–Crippen LogP) is 4.55. The van der Waals surface area contributed by atoms with Gasteiger partial charge in [0.15, 0.2) is 11.5 Å². The average Bonchev–Trinajstić information content (AvgIpc) is 2.74. The SMILES string of the molecule is CCOc1ccccc1OS(=O)(=O)c1cccc(C(=O)NC23CC4CC(CC(C4)C2)C3)c1. The zero-order chi connectivity index (χ0) is 22.3. The number of hydrogen-bond acceptors (Lipinski definition) is 5. The molecule has 6 nitrogen and oxygen atoms in total. The Hall–Kier alpha value is -2.54. The van der Waals surface area contributed by atoms with Gasteiger partial charge in [0.05, 0.1) is 6.61 Å². The Kier molecular flexibility index (Phi) is 5.40. The second-order valence-corrected chi connectivity index (χ2v) is 11.1. The minimum Gasteiger partial charge on any atom is -0.490 e. The minimum atomic E-state index is -4.12. The maximum Gasteiger partial charge on any atom is 0.339 e. The number of rotatable bonds is 7. The maximum absolute atomic E-state index is 13.1. The van der Waals surface area contributed by atoms with E-state index >= 15 is 0 Å². The fourth-order valence-corrected chi connectivity index (χ4v) is 7.32. The monoisotopic (exact) mass is 455 g/mol. The summed E-state index contributed by atoms with van der Waals surface area (Å²) in [4.78, 5) is 13.1. The van der Waals surface area contributed by atoms with Crippen LogP contribution in [0, 0.1) is 17.8 Å². The van der Waals surface area contributed by atoms with Crippen molar-refractivity contribution in [1.29, 1.82) is 0 Å². The molecule has 4 aliphatic carbocycles. The van der Waals surface area contributed by atoms with Crippen LogP contribution in [0.25, 0.3) is 0 Å². The largest absolute Gasteiger partial charge is 0.490 e. The molecule has 0 atom stereocenters. The standard InChI is InChI=1S/C25H29NO5S/c1-2-30-22-8-3-4-9-23(22)31-32(28,29)21-7-5-6-20(13-21)24(27)26-25-14-17-10-18(15-25)12-19(11-17)16-25/h3-9,13,17-19H,2,10-12,14-16H2,1H3,(H,26,27). The van der Waals surface area contributed by atoms with Crippen LogP contribution < -0.4 is 14.2 Å². The molecular weight excluding hydrogens is 426 g/mol. The fraction of sp³-hybridized carbons (Fsp3) is 0.480. The van der Waals surface area contributed by atoms with Gasteiger partial charge in [-0.1, -0.05) is 18.2 Å². The Labute approximate surface area is 189 Å². The van der Waals surface area contributed by atoms with Gasteiger partial charge in [0.2, 0.25) is 0 Å². The molecule has 170 valence electrons. The average molecular weight is 456 g/mol. The van der Waals surface area contributed by atoms with E-state index in [-0.39, 0.29) is 22.1 Å². The molecule has 4 fully saturated rings. The second kappa shape index (κ2) is 8.10. The molecule has 0 aromatic heterocycles. The van der Waals surface area contributed by atoms with Crippen LogP contribution in [0.1, 0.15) is 55.8 Å². The first kappa shape index (κ1) is 21.3. The van der Waals surface area contributed by atoms with E-state index in [0.717, 1.165) is 19.3 Å². The van der Waals surface area contributed by atoms with Crippen molar-refractivity contribution in [2.75, 3.05) is 6.61 Å². The topological polar surface area (TPSA) is 81.7 Å². The number of hydrogen-bond donors (Lipinski definition) is 1. The van der Waals surface area contributed by atoms with Crippen LogP contribution in [0.4, 0.5) is 0 Å². The van der Waals surface area contributed by atoms with Gasteiger partial charge in [0.1, 0.15) is 4.90 Å². The molecule has 4 aliphatic rings. The van der Waals surface area contributed by atoms with E-state index in [9.17, 15) is 13.2 Å². The third kappa shape index (κ3) is 4.10. The molecule has 2 aromatic carbocycles. The van der Waals surface area contributed by atoms with Gasteiger partial charge in [-0.25, -0.2) is 0 Å². The first-order valence-electron chi connectivity index (χ1n) is 11.4. The van der Waals surface area contributed by atoms with Gasteiger partial charge in [0.25, 0.3) is 5.91 Å². The summed E-state index contributed by atoms with van der Waals surface area (Å²) in [5.74, 6) is 2.41. The van der Waals surface area contributed by atoms with Crippen molar-refractivity contribution < 1.29 is 22.1 Å². The summed E-state index contributed by atoms with van der Waals surface area (Å²) < 4.78 is 36.7. The molecule has 7 heteroatoms. The van der Waals surface area contributed by atoms with Gasteiger partial charge < -0.3 is 14.2 Å². The summed E-state index contributed by atoms with van der Waals surface area (Å²) in [6, 6.07) is 12.7. The first-order valence-corrected chi connectivity index (χ1v) is 12.9. The predicted molar refractivity (Wildman–Crippen MR) is 120 cm³/mol. The highest BCUT2D eigenvalue weighted by molar-refractivity contribution is 7.87. The van der Waals surface area contributed by atoms with Crippen LogP contribution >= 0.6 is 0 Å². The highest BCUT2D eigenvalue weighted by atomic mass is 32.2. The van der Waals surface area contributed by atoms with Crippen LogP contribution in [0.15, 0.2) is 53.4 Å². The third-order valence-corrected chi connectivity index (χ3v) is 8.38. The highest BCUT2D eigenvalue weighted by Crippen LogP contribution is 2.55. The molecule has 2 aromatic rings. The van der Waals surface area contributed by atoms with Gasteiger partial charge in [-0.15, -0.1) is 0 Å². The van der Waals surface area contributed by atoms with Gasteiger partial charge in [0, 0.05) is 11.1 Å². The molecule has 0 unspecified atom stereocenters. The van der Waals surface area contributed by atoms with E-state index in [2.05, 4.69) is 5.32 Å². The van der Waals surface area contributed by atoms with Crippen molar-refractivity contribution in [3.05, 3.63) is 54.1 Å². The van der Waals surface area contributed by atoms with Crippen LogP contribution in [0.5, 0.6) is 11.5 Å². The number of para-hydroxylation sites is 2. The lowest BCUT2D eigenvalue weighted by Gasteiger charge is -2.56. The summed E-state index contributed by atoms with van der Waals surface area (Å²) in [6.45, 7) is 2.21. The summed E-state index contributed by atoms with van der Waals surface area (Å²) in [7, 11) is -4.12. The van der Waals surface area contributed by atoms with Crippen molar-refractivity contribution in [1.82, 2.24) is 5.32 Å². The maximum atomic E-state index is 13.1. The molecule has 1 amide bonds. The number of carbonyl (C=O) groups is 1. The molecule has 0 saturated heterocycles. The van der Waals surface area contributed by atoms with Gasteiger partial charge in [-0.3, -0.25) is 4.79 Å². The lowest BCUT2D eigenvalue weighted by Crippen LogP contribution is -2.59. The molecule has 6 rings (SSSR count). The van der Waals surface area contributed by atoms with Crippen molar-refractivity contribution in [3.8, 4) is 11.5 Å². The van der Waals surface area contributed by atoms with E-state index in [4.69, 9.17) is 8.92 Å². The third-order valence-electron chi connectivity index (χ3n) is 7.15. The number of benzene rings is 2. The van der Waals surface area contributed by atoms with Crippen LogP contribution in [0.3, 0.4) is 0 Å². The second-order valence-electron chi connectivity index (χ2n) is 9.60. The molecule has 0 aliphatic heterocycles. The van der Waals surface area contributed by atoms with E-state index in [1.807, 2.05) is 6.92 Å². The van der Waals surface area contributed by atoms with E-state index < -0.39 is 10.1 Å². The Bertz CT molecular complexity index is 1090. The Morgan fingerprint density at radius 1 is 0.969 bits per heavy atom. The zero-order valence-electron chi connectivity index (χ0n) is 18.3. The lowest BCUT2D eigenvalue weighted by molar-refractivity contribution is -0.0167. The Morgan fingerprint density at radius 2 is 1.59 bits per heavy atom. The number of nitrogens with one attached hydrogen (secondary N) is 1. The summed E-state index contributed by atoms with van der Waals surface area (Å²) in [5, 5.41) is 3.30. The molecule has 0 radical (unpaired) electrons. The van der Waals surface area contributed by atoms with E-state index in [0.29, 0.717) is 35.7 Å². The molecular formula is C25H29NO5S. The normalized spacial score (nSPS) is 28.3. The first-order chi connectivity index (χ1) is 15.4. The number of carbonyl (C=O) groups excluding carboxylic acids is 1. The lowest BCUT2D eigenvalue weighted by atomic mass is 9.53. The highest BCUT2D eigenvalue weighted by Gasteiger charge is 2.51. The fourth-order valence-electron chi connectivity index (χ4n) is 6.33. The zero-order valence-corrected chi connectivity index (χ0v) is 19.1. The summed E-state index contributed by atoms with van der Waals surface area (Å²) in [6.07, 6.45) is 7.01. The number of amides is 1. The molecule has 32 heavy (non-hydrogen) atoms. The molecule has 0 spiro atoms. The van der Waals surface area contributed by atoms with Crippen molar-refractivity contribution in [2.24, 2.45) is 17.8 Å². The van der Waals surface area contributed by atoms with Gasteiger partial charge in [-0.05, 0) is 93.5 Å². The van der Waals surface area contributed by atoms with Gasteiger partial charge in [-0.2, -0.15) is 8.42 Å². The van der Waals surface area contributed by atoms with E-state index in [1.54, 1.807) is 36.4 Å². The quantitative estimate of drug-likeness (QED) is 0.620. The Morgan fingerprint density at radius 3 is 2.22 bits per heavy atom. The van der Waals surface area contributed by atoms with Crippen molar-refractivity contribution in [3.63, 3.8) is 0 Å². The Balaban J connectivity index is 1.35. The van der Waals surface area contributed by atoms with Crippen LogP contribution in [0.2, 0.25) is 0 Å². The van der Waals surface area contributed by atoms with Gasteiger partial charge >= 0.3 is 10.1 Å². The minimum absolute atomic E-state index is 0.0537. The molecule has 4 saturated carbocycles. The smallest absolute Gasteiger partial charge is 0.339 e.